The van der Waals surface area contributed by atoms with Crippen molar-refractivity contribution in [1.82, 2.24) is 15.5 Å². The molecule has 0 radical (unpaired) electrons. The van der Waals surface area contributed by atoms with E-state index in [1.165, 1.54) is 12.1 Å². The molecule has 0 atom stereocenters. The topological polar surface area (TPSA) is 75.2 Å². The highest BCUT2D eigenvalue weighted by atomic mass is 127. The molecule has 0 spiro atoms. The van der Waals surface area contributed by atoms with Gasteiger partial charge in [-0.05, 0) is 37.0 Å². The summed E-state index contributed by atoms with van der Waals surface area (Å²) in [7, 11) is 5.32. The van der Waals surface area contributed by atoms with Crippen LogP contribution in [0, 0.1) is 11.2 Å². The van der Waals surface area contributed by atoms with E-state index in [9.17, 15) is 9.18 Å². The molecule has 1 aliphatic heterocycles. The van der Waals surface area contributed by atoms with Crippen LogP contribution in [0.25, 0.3) is 0 Å². The standard InChI is InChI=1S/C21H31FN4O3.HI/c1-23-20(25-13-21(7-4-5-8-21)19(27)26(2)3)24-9-6-15-10-17(22)11-16-12-28-14-29-18(15)16;/h10-11H,4-9,12-14H2,1-3H3,(H2,23,24,25);1H. The second kappa shape index (κ2) is 11.1. The van der Waals surface area contributed by atoms with Gasteiger partial charge in [-0.2, -0.15) is 0 Å². The van der Waals surface area contributed by atoms with Crippen molar-refractivity contribution in [3.63, 3.8) is 0 Å². The number of carbonyl (C=O) groups excluding carboxylic acids is 1. The van der Waals surface area contributed by atoms with E-state index in [1.54, 1.807) is 11.9 Å². The number of rotatable bonds is 6. The van der Waals surface area contributed by atoms with Crippen LogP contribution in [0.15, 0.2) is 17.1 Å². The lowest BCUT2D eigenvalue weighted by molar-refractivity contribution is -0.138. The van der Waals surface area contributed by atoms with E-state index in [-0.39, 0.29) is 47.9 Å². The first-order chi connectivity index (χ1) is 13.9. The van der Waals surface area contributed by atoms with Crippen LogP contribution in [0.3, 0.4) is 0 Å². The summed E-state index contributed by atoms with van der Waals surface area (Å²) in [6.07, 6.45) is 4.51. The fourth-order valence-corrected chi connectivity index (χ4v) is 4.22. The third-order valence-electron chi connectivity index (χ3n) is 5.68. The predicted molar refractivity (Wildman–Crippen MR) is 125 cm³/mol. The van der Waals surface area contributed by atoms with Gasteiger partial charge < -0.3 is 25.0 Å². The SMILES string of the molecule is CN=C(NCCc1cc(F)cc2c1OCOC2)NCC1(C(=O)N(C)C)CCCC1.I. The maximum absolute atomic E-state index is 13.9. The first-order valence-electron chi connectivity index (χ1n) is 10.1. The highest BCUT2D eigenvalue weighted by Gasteiger charge is 2.42. The molecule has 3 rings (SSSR count). The molecule has 0 saturated heterocycles. The number of hydrogen-bond donors (Lipinski definition) is 2. The zero-order valence-electron chi connectivity index (χ0n) is 17.9. The Labute approximate surface area is 194 Å². The fourth-order valence-electron chi connectivity index (χ4n) is 4.22. The average Bonchev–Trinajstić information content (AvgIpc) is 3.19. The Hall–Kier alpha value is -1.62. The third-order valence-corrected chi connectivity index (χ3v) is 5.68. The van der Waals surface area contributed by atoms with Gasteiger partial charge in [0, 0.05) is 39.8 Å². The summed E-state index contributed by atoms with van der Waals surface area (Å²) >= 11 is 0. The van der Waals surface area contributed by atoms with Crippen LogP contribution in [0.4, 0.5) is 4.39 Å². The van der Waals surface area contributed by atoms with Crippen LogP contribution in [0.5, 0.6) is 5.75 Å². The number of benzene rings is 1. The highest BCUT2D eigenvalue weighted by Crippen LogP contribution is 2.38. The Morgan fingerprint density at radius 1 is 1.27 bits per heavy atom. The minimum absolute atomic E-state index is 0. The van der Waals surface area contributed by atoms with Gasteiger partial charge in [0.1, 0.15) is 11.6 Å². The van der Waals surface area contributed by atoms with E-state index < -0.39 is 0 Å². The van der Waals surface area contributed by atoms with Gasteiger partial charge in [0.05, 0.1) is 12.0 Å². The lowest BCUT2D eigenvalue weighted by atomic mass is 9.84. The number of fused-ring (bicyclic) bond motifs is 1. The molecule has 1 amide bonds. The summed E-state index contributed by atoms with van der Waals surface area (Å²) in [5, 5.41) is 6.57. The predicted octanol–water partition coefficient (Wildman–Crippen LogP) is 2.67. The van der Waals surface area contributed by atoms with E-state index in [1.807, 2.05) is 14.1 Å². The maximum Gasteiger partial charge on any atom is 0.230 e. The molecule has 0 bridgehead atoms. The van der Waals surface area contributed by atoms with Gasteiger partial charge in [-0.3, -0.25) is 9.79 Å². The van der Waals surface area contributed by atoms with Crippen LogP contribution in [0.1, 0.15) is 36.8 Å². The van der Waals surface area contributed by atoms with Crippen LogP contribution in [-0.4, -0.2) is 57.8 Å². The molecule has 2 aliphatic rings. The van der Waals surface area contributed by atoms with Crippen molar-refractivity contribution in [2.24, 2.45) is 10.4 Å². The smallest absolute Gasteiger partial charge is 0.230 e. The number of ether oxygens (including phenoxy) is 2. The molecule has 1 fully saturated rings. The van der Waals surface area contributed by atoms with Gasteiger partial charge in [-0.25, -0.2) is 4.39 Å². The van der Waals surface area contributed by atoms with E-state index >= 15 is 0 Å². The molecule has 1 aromatic rings. The van der Waals surface area contributed by atoms with Crippen molar-refractivity contribution in [1.29, 1.82) is 0 Å². The number of amides is 1. The summed E-state index contributed by atoms with van der Waals surface area (Å²) in [5.74, 6) is 1.23. The Morgan fingerprint density at radius 3 is 2.67 bits per heavy atom. The first-order valence-corrected chi connectivity index (χ1v) is 10.1. The van der Waals surface area contributed by atoms with E-state index in [0.29, 0.717) is 37.8 Å². The summed E-state index contributed by atoms with van der Waals surface area (Å²) in [6.45, 7) is 1.66. The van der Waals surface area contributed by atoms with Gasteiger partial charge in [-0.15, -0.1) is 24.0 Å². The second-order valence-electron chi connectivity index (χ2n) is 7.95. The molecule has 168 valence electrons. The molecule has 1 heterocycles. The summed E-state index contributed by atoms with van der Waals surface area (Å²) < 4.78 is 24.7. The van der Waals surface area contributed by atoms with Gasteiger partial charge in [0.2, 0.25) is 5.91 Å². The maximum atomic E-state index is 13.9. The van der Waals surface area contributed by atoms with Crippen LogP contribution >= 0.6 is 24.0 Å². The molecule has 1 aromatic carbocycles. The number of hydrogen-bond acceptors (Lipinski definition) is 4. The lowest BCUT2D eigenvalue weighted by Gasteiger charge is -2.31. The second-order valence-corrected chi connectivity index (χ2v) is 7.95. The minimum atomic E-state index is -0.364. The monoisotopic (exact) mass is 534 g/mol. The largest absolute Gasteiger partial charge is 0.467 e. The zero-order chi connectivity index (χ0) is 20.9. The highest BCUT2D eigenvalue weighted by molar-refractivity contribution is 14.0. The molecule has 9 heteroatoms. The van der Waals surface area contributed by atoms with E-state index in [4.69, 9.17) is 9.47 Å². The van der Waals surface area contributed by atoms with Crippen LogP contribution in [-0.2, 0) is 22.6 Å². The Kier molecular flexibility index (Phi) is 9.14. The summed E-state index contributed by atoms with van der Waals surface area (Å²) in [6, 6.07) is 2.96. The molecule has 2 N–H and O–H groups in total. The molecule has 1 aliphatic carbocycles. The Bertz CT molecular complexity index is 767. The van der Waals surface area contributed by atoms with Crippen molar-refractivity contribution in [2.45, 2.75) is 38.7 Å². The summed E-state index contributed by atoms with van der Waals surface area (Å²) in [4.78, 5) is 18.6. The number of nitrogens with zero attached hydrogens (tertiary/aromatic N) is 2. The van der Waals surface area contributed by atoms with E-state index in [0.717, 1.165) is 36.8 Å². The molecule has 30 heavy (non-hydrogen) atoms. The van der Waals surface area contributed by atoms with Crippen molar-refractivity contribution < 1.29 is 18.7 Å². The Balaban J connectivity index is 0.00000320. The van der Waals surface area contributed by atoms with Gasteiger partial charge in [0.25, 0.3) is 0 Å². The van der Waals surface area contributed by atoms with Crippen LogP contribution in [0.2, 0.25) is 0 Å². The Morgan fingerprint density at radius 2 is 2.00 bits per heavy atom. The van der Waals surface area contributed by atoms with Crippen molar-refractivity contribution in [2.75, 3.05) is 41.0 Å². The quantitative estimate of drug-likeness (QED) is 0.334. The number of nitrogens with one attached hydrogen (secondary N) is 2. The van der Waals surface area contributed by atoms with Gasteiger partial charge in [-0.1, -0.05) is 12.8 Å². The molecular formula is C21H32FIN4O3. The fraction of sp³-hybridized carbons (Fsp3) is 0.619. The number of aliphatic imine (C=N–C) groups is 1. The molecule has 0 unspecified atom stereocenters. The van der Waals surface area contributed by atoms with Crippen molar-refractivity contribution in [3.05, 3.63) is 29.1 Å². The zero-order valence-corrected chi connectivity index (χ0v) is 20.3. The van der Waals surface area contributed by atoms with Crippen LogP contribution < -0.4 is 15.4 Å². The average molecular weight is 534 g/mol. The lowest BCUT2D eigenvalue weighted by Crippen LogP contribution is -2.49. The van der Waals surface area contributed by atoms with Gasteiger partial charge in [0.15, 0.2) is 12.8 Å². The molecule has 1 saturated carbocycles. The minimum Gasteiger partial charge on any atom is -0.467 e. The number of guanidine groups is 1. The van der Waals surface area contributed by atoms with Crippen molar-refractivity contribution in [3.8, 4) is 5.75 Å². The molecular weight excluding hydrogens is 502 g/mol. The summed E-state index contributed by atoms with van der Waals surface area (Å²) in [5.41, 5.74) is 1.18. The number of halogens is 2. The number of carbonyl (C=O) groups is 1. The third kappa shape index (κ3) is 5.75. The first kappa shape index (κ1) is 24.6. The van der Waals surface area contributed by atoms with Crippen molar-refractivity contribution >= 4 is 35.8 Å². The molecule has 0 aromatic heterocycles. The van der Waals surface area contributed by atoms with Gasteiger partial charge >= 0.3 is 0 Å². The molecule has 7 nitrogen and oxygen atoms in total. The van der Waals surface area contributed by atoms with E-state index in [2.05, 4.69) is 15.6 Å². The normalized spacial score (nSPS) is 17.4.